The van der Waals surface area contributed by atoms with Crippen LogP contribution < -0.4 is 10.6 Å². The van der Waals surface area contributed by atoms with Crippen molar-refractivity contribution in [1.82, 2.24) is 10.6 Å². The zero-order valence-corrected chi connectivity index (χ0v) is 11.9. The second-order valence-electron chi connectivity index (χ2n) is 6.25. The standard InChI is InChI=1S/C12H18FIN2O/c13-9-5-8(16-11(9)2-3-11)7-6-12(7)10(17-14)1-4-15-12/h7-10,15-16H,1-6H2. The predicted molar refractivity (Wildman–Crippen MR) is 70.8 cm³/mol. The number of nitrogens with one attached hydrogen (secondary N) is 2. The van der Waals surface area contributed by atoms with Gasteiger partial charge in [0.25, 0.3) is 0 Å². The minimum atomic E-state index is -0.620. The fourth-order valence-corrected chi connectivity index (χ4v) is 4.84. The van der Waals surface area contributed by atoms with Crippen LogP contribution in [0.25, 0.3) is 0 Å². The highest BCUT2D eigenvalue weighted by molar-refractivity contribution is 14.1. The van der Waals surface area contributed by atoms with Gasteiger partial charge in [-0.25, -0.2) is 4.39 Å². The van der Waals surface area contributed by atoms with Crippen LogP contribution in [0, 0.1) is 5.92 Å². The molecular formula is C12H18FIN2O. The lowest BCUT2D eigenvalue weighted by molar-refractivity contribution is 0.224. The van der Waals surface area contributed by atoms with E-state index in [1.54, 1.807) is 0 Å². The van der Waals surface area contributed by atoms with Crippen LogP contribution in [0.3, 0.4) is 0 Å². The minimum Gasteiger partial charge on any atom is -0.310 e. The molecule has 0 radical (unpaired) electrons. The molecule has 2 aliphatic carbocycles. The van der Waals surface area contributed by atoms with E-state index >= 15 is 0 Å². The third kappa shape index (κ3) is 1.48. The Morgan fingerprint density at radius 2 is 2.18 bits per heavy atom. The van der Waals surface area contributed by atoms with Crippen LogP contribution >= 0.6 is 23.0 Å². The van der Waals surface area contributed by atoms with E-state index in [0.717, 1.165) is 32.2 Å². The molecule has 4 fully saturated rings. The molecule has 0 aromatic heterocycles. The smallest absolute Gasteiger partial charge is 0.120 e. The molecule has 17 heavy (non-hydrogen) atoms. The molecule has 0 amide bonds. The molecule has 0 aromatic rings. The Hall–Kier alpha value is 0.540. The van der Waals surface area contributed by atoms with E-state index in [2.05, 4.69) is 10.6 Å². The Kier molecular flexibility index (Phi) is 2.38. The third-order valence-electron chi connectivity index (χ3n) is 5.41. The highest BCUT2D eigenvalue weighted by Crippen LogP contribution is 2.57. The molecule has 2 spiro atoms. The summed E-state index contributed by atoms with van der Waals surface area (Å²) in [6.45, 7) is 1.04. The summed E-state index contributed by atoms with van der Waals surface area (Å²) in [7, 11) is 0. The fourth-order valence-electron chi connectivity index (χ4n) is 4.14. The van der Waals surface area contributed by atoms with Crippen molar-refractivity contribution >= 4 is 23.0 Å². The largest absolute Gasteiger partial charge is 0.310 e. The molecular weight excluding hydrogens is 334 g/mol. The number of hydrogen-bond donors (Lipinski definition) is 2. The van der Waals surface area contributed by atoms with E-state index < -0.39 is 6.17 Å². The molecule has 5 atom stereocenters. The van der Waals surface area contributed by atoms with Crippen molar-refractivity contribution in [2.24, 2.45) is 5.92 Å². The molecule has 0 aromatic carbocycles. The summed E-state index contributed by atoms with van der Waals surface area (Å²) >= 11 is 2.02. The SMILES string of the molecule is FC1CC(C2CC23NCCC3OI)NC12CC2. The Labute approximate surface area is 115 Å². The van der Waals surface area contributed by atoms with Crippen molar-refractivity contribution in [1.29, 1.82) is 0 Å². The van der Waals surface area contributed by atoms with Crippen molar-refractivity contribution in [3.8, 4) is 0 Å². The molecule has 96 valence electrons. The molecule has 2 saturated heterocycles. The van der Waals surface area contributed by atoms with Crippen LogP contribution in [0.5, 0.6) is 0 Å². The maximum atomic E-state index is 13.9. The van der Waals surface area contributed by atoms with Gasteiger partial charge in [0.15, 0.2) is 0 Å². The minimum absolute atomic E-state index is 0.117. The number of hydrogen-bond acceptors (Lipinski definition) is 3. The van der Waals surface area contributed by atoms with Crippen molar-refractivity contribution in [3.05, 3.63) is 0 Å². The highest BCUT2D eigenvalue weighted by atomic mass is 127. The van der Waals surface area contributed by atoms with Gasteiger partial charge in [0, 0.05) is 11.6 Å². The molecule has 2 N–H and O–H groups in total. The lowest BCUT2D eigenvalue weighted by Crippen LogP contribution is -2.42. The first-order chi connectivity index (χ1) is 8.20. The highest BCUT2D eigenvalue weighted by Gasteiger charge is 2.68. The Balaban J connectivity index is 1.48. The molecule has 2 saturated carbocycles. The third-order valence-corrected chi connectivity index (χ3v) is 6.02. The first kappa shape index (κ1) is 11.4. The molecule has 4 rings (SSSR count). The van der Waals surface area contributed by atoms with Crippen molar-refractivity contribution in [3.63, 3.8) is 0 Å². The van der Waals surface area contributed by atoms with Crippen LogP contribution in [0.1, 0.15) is 32.1 Å². The van der Waals surface area contributed by atoms with Gasteiger partial charge in [0.05, 0.1) is 11.6 Å². The van der Waals surface area contributed by atoms with Gasteiger partial charge in [-0.2, -0.15) is 0 Å². The van der Waals surface area contributed by atoms with Crippen molar-refractivity contribution < 1.29 is 7.46 Å². The van der Waals surface area contributed by atoms with E-state index in [1.807, 2.05) is 23.0 Å². The van der Waals surface area contributed by atoms with Gasteiger partial charge >= 0.3 is 0 Å². The van der Waals surface area contributed by atoms with Gasteiger partial charge in [-0.05, 0) is 44.6 Å². The molecule has 4 aliphatic rings. The second kappa shape index (κ2) is 3.55. The molecule has 5 unspecified atom stereocenters. The van der Waals surface area contributed by atoms with Gasteiger partial charge in [0.1, 0.15) is 29.2 Å². The molecule has 2 heterocycles. The molecule has 2 aliphatic heterocycles. The Bertz CT molecular complexity index is 351. The Morgan fingerprint density at radius 3 is 2.82 bits per heavy atom. The summed E-state index contributed by atoms with van der Waals surface area (Å²) in [6, 6.07) is 0.368. The quantitative estimate of drug-likeness (QED) is 0.743. The summed E-state index contributed by atoms with van der Waals surface area (Å²) in [5.74, 6) is 0.572. The second-order valence-corrected chi connectivity index (χ2v) is 6.76. The lowest BCUT2D eigenvalue weighted by atomic mass is 10.0. The van der Waals surface area contributed by atoms with E-state index in [-0.39, 0.29) is 11.1 Å². The molecule has 5 heteroatoms. The molecule has 3 nitrogen and oxygen atoms in total. The topological polar surface area (TPSA) is 33.3 Å². The summed E-state index contributed by atoms with van der Waals surface area (Å²) in [5, 5.41) is 7.18. The van der Waals surface area contributed by atoms with Gasteiger partial charge in [0.2, 0.25) is 0 Å². The fraction of sp³-hybridized carbons (Fsp3) is 1.00. The zero-order valence-electron chi connectivity index (χ0n) is 9.72. The maximum Gasteiger partial charge on any atom is 0.120 e. The summed E-state index contributed by atoms with van der Waals surface area (Å²) in [6.07, 6.45) is 4.72. The summed E-state index contributed by atoms with van der Waals surface area (Å²) in [5.41, 5.74) is 0.0483. The van der Waals surface area contributed by atoms with E-state index in [1.165, 1.54) is 0 Å². The van der Waals surface area contributed by atoms with E-state index in [9.17, 15) is 4.39 Å². The van der Waals surface area contributed by atoms with Crippen LogP contribution in [0.15, 0.2) is 0 Å². The van der Waals surface area contributed by atoms with Gasteiger partial charge in [-0.3, -0.25) is 0 Å². The van der Waals surface area contributed by atoms with Crippen LogP contribution in [-0.2, 0) is 3.07 Å². The normalized spacial score (nSPS) is 54.7. The first-order valence-corrected chi connectivity index (χ1v) is 7.52. The lowest BCUT2D eigenvalue weighted by Gasteiger charge is -2.21. The number of alkyl halides is 1. The van der Waals surface area contributed by atoms with Gasteiger partial charge < -0.3 is 13.7 Å². The van der Waals surface area contributed by atoms with Crippen LogP contribution in [-0.4, -0.2) is 35.9 Å². The Morgan fingerprint density at radius 1 is 1.35 bits per heavy atom. The van der Waals surface area contributed by atoms with E-state index in [4.69, 9.17) is 3.07 Å². The maximum absolute atomic E-state index is 13.9. The first-order valence-electron chi connectivity index (χ1n) is 6.64. The van der Waals surface area contributed by atoms with Crippen molar-refractivity contribution in [2.45, 2.75) is 61.5 Å². The number of halogens is 2. The van der Waals surface area contributed by atoms with Gasteiger partial charge in [-0.15, -0.1) is 0 Å². The average molecular weight is 352 g/mol. The van der Waals surface area contributed by atoms with E-state index in [0.29, 0.717) is 24.5 Å². The molecule has 0 bridgehead atoms. The summed E-state index contributed by atoms with van der Waals surface area (Å²) < 4.78 is 19.5. The van der Waals surface area contributed by atoms with Crippen molar-refractivity contribution in [2.75, 3.05) is 6.54 Å². The van der Waals surface area contributed by atoms with Crippen LogP contribution in [0.2, 0.25) is 0 Å². The van der Waals surface area contributed by atoms with Gasteiger partial charge in [-0.1, -0.05) is 0 Å². The summed E-state index contributed by atoms with van der Waals surface area (Å²) in [4.78, 5) is 0. The predicted octanol–water partition coefficient (Wildman–Crippen LogP) is 1.71. The number of rotatable bonds is 2. The average Bonchev–Trinajstić information content (AvgIpc) is 3.13. The monoisotopic (exact) mass is 352 g/mol. The zero-order chi connectivity index (χ0) is 11.7. The van der Waals surface area contributed by atoms with Crippen LogP contribution in [0.4, 0.5) is 4.39 Å².